The molecule has 3 aromatic heterocycles. The number of nitrogens with zero attached hydrogens (tertiary/aromatic N) is 4. The van der Waals surface area contributed by atoms with Crippen LogP contribution in [0.25, 0.3) is 11.0 Å². The molecule has 0 aliphatic heterocycles. The standard InChI is InChI=1S/C19H17ClN6O2/c20-14-4-1-3-13(9-14)19(27)21-6-7-26-18-16(11-25-26)17(23-12-24-18)22-10-15-5-2-8-28-15/h1-5,8-9,11-12H,6-7,10H2,(H,21,27)(H,22,23,24). The molecule has 1 aromatic carbocycles. The number of amides is 1. The SMILES string of the molecule is O=C(NCCn1ncc2c(NCc3ccco3)ncnc21)c1cccc(Cl)c1. The van der Waals surface area contributed by atoms with Crippen LogP contribution in [0.1, 0.15) is 16.1 Å². The molecule has 4 rings (SSSR count). The molecular weight excluding hydrogens is 380 g/mol. The van der Waals surface area contributed by atoms with E-state index >= 15 is 0 Å². The summed E-state index contributed by atoms with van der Waals surface area (Å²) in [4.78, 5) is 20.8. The lowest BCUT2D eigenvalue weighted by molar-refractivity contribution is 0.0952. The average Bonchev–Trinajstić information content (AvgIpc) is 3.36. The topological polar surface area (TPSA) is 97.9 Å². The van der Waals surface area contributed by atoms with Crippen LogP contribution >= 0.6 is 11.6 Å². The van der Waals surface area contributed by atoms with Crippen LogP contribution in [0.2, 0.25) is 5.02 Å². The van der Waals surface area contributed by atoms with Gasteiger partial charge >= 0.3 is 0 Å². The Morgan fingerprint density at radius 2 is 2.14 bits per heavy atom. The second-order valence-electron chi connectivity index (χ2n) is 6.03. The van der Waals surface area contributed by atoms with Crippen molar-refractivity contribution in [3.63, 3.8) is 0 Å². The number of halogens is 1. The third-order valence-electron chi connectivity index (χ3n) is 4.14. The summed E-state index contributed by atoms with van der Waals surface area (Å²) in [5, 5.41) is 11.8. The van der Waals surface area contributed by atoms with Crippen LogP contribution in [0.5, 0.6) is 0 Å². The van der Waals surface area contributed by atoms with Gasteiger partial charge < -0.3 is 15.1 Å². The molecule has 0 aliphatic carbocycles. The molecule has 0 atom stereocenters. The van der Waals surface area contributed by atoms with Crippen molar-refractivity contribution in [3.05, 3.63) is 71.5 Å². The Morgan fingerprint density at radius 3 is 2.96 bits per heavy atom. The van der Waals surface area contributed by atoms with Crippen LogP contribution in [0.15, 0.2) is 59.6 Å². The molecule has 0 bridgehead atoms. The minimum atomic E-state index is -0.186. The molecule has 0 radical (unpaired) electrons. The minimum absolute atomic E-state index is 0.186. The summed E-state index contributed by atoms with van der Waals surface area (Å²) in [5.41, 5.74) is 1.21. The smallest absolute Gasteiger partial charge is 0.251 e. The molecule has 9 heteroatoms. The predicted molar refractivity (Wildman–Crippen MR) is 105 cm³/mol. The number of carbonyl (C=O) groups excluding carboxylic acids is 1. The fourth-order valence-electron chi connectivity index (χ4n) is 2.79. The van der Waals surface area contributed by atoms with Crippen molar-refractivity contribution >= 4 is 34.4 Å². The molecule has 4 aromatic rings. The molecule has 0 spiro atoms. The lowest BCUT2D eigenvalue weighted by atomic mass is 10.2. The van der Waals surface area contributed by atoms with Gasteiger partial charge in [-0.25, -0.2) is 14.6 Å². The van der Waals surface area contributed by atoms with E-state index in [4.69, 9.17) is 16.0 Å². The zero-order valence-electron chi connectivity index (χ0n) is 14.8. The molecule has 28 heavy (non-hydrogen) atoms. The molecule has 0 unspecified atom stereocenters. The summed E-state index contributed by atoms with van der Waals surface area (Å²) in [7, 11) is 0. The monoisotopic (exact) mass is 396 g/mol. The van der Waals surface area contributed by atoms with Crippen molar-refractivity contribution in [1.82, 2.24) is 25.1 Å². The number of nitrogens with one attached hydrogen (secondary N) is 2. The Morgan fingerprint density at radius 1 is 1.21 bits per heavy atom. The maximum atomic E-state index is 12.2. The number of aromatic nitrogens is 4. The van der Waals surface area contributed by atoms with Crippen LogP contribution < -0.4 is 10.6 Å². The summed E-state index contributed by atoms with van der Waals surface area (Å²) in [6.07, 6.45) is 4.82. The van der Waals surface area contributed by atoms with Crippen molar-refractivity contribution in [2.45, 2.75) is 13.1 Å². The van der Waals surface area contributed by atoms with E-state index in [-0.39, 0.29) is 5.91 Å². The first-order valence-corrected chi connectivity index (χ1v) is 9.05. The molecule has 0 saturated carbocycles. The van der Waals surface area contributed by atoms with Crippen molar-refractivity contribution < 1.29 is 9.21 Å². The highest BCUT2D eigenvalue weighted by Crippen LogP contribution is 2.19. The van der Waals surface area contributed by atoms with Gasteiger partial charge in [0.05, 0.1) is 30.9 Å². The predicted octanol–water partition coefficient (Wildman–Crippen LogP) is 3.11. The number of hydrogen-bond donors (Lipinski definition) is 2. The highest BCUT2D eigenvalue weighted by atomic mass is 35.5. The van der Waals surface area contributed by atoms with Gasteiger partial charge in [0, 0.05) is 17.1 Å². The van der Waals surface area contributed by atoms with E-state index in [1.54, 1.807) is 41.4 Å². The van der Waals surface area contributed by atoms with E-state index in [0.29, 0.717) is 41.7 Å². The normalized spacial score (nSPS) is 10.9. The van der Waals surface area contributed by atoms with Gasteiger partial charge in [0.15, 0.2) is 5.65 Å². The molecule has 8 nitrogen and oxygen atoms in total. The van der Waals surface area contributed by atoms with Crippen LogP contribution in [0, 0.1) is 0 Å². The Balaban J connectivity index is 1.40. The van der Waals surface area contributed by atoms with Gasteiger partial charge in [0.2, 0.25) is 0 Å². The van der Waals surface area contributed by atoms with Gasteiger partial charge in [0.25, 0.3) is 5.91 Å². The van der Waals surface area contributed by atoms with Gasteiger partial charge in [-0.1, -0.05) is 17.7 Å². The van der Waals surface area contributed by atoms with E-state index in [1.165, 1.54) is 6.33 Å². The lowest BCUT2D eigenvalue weighted by Gasteiger charge is -2.07. The Bertz CT molecular complexity index is 1090. The number of fused-ring (bicyclic) bond motifs is 1. The highest BCUT2D eigenvalue weighted by Gasteiger charge is 2.11. The number of carbonyl (C=O) groups is 1. The van der Waals surface area contributed by atoms with Crippen LogP contribution in [0.3, 0.4) is 0 Å². The second kappa shape index (κ2) is 8.10. The minimum Gasteiger partial charge on any atom is -0.467 e. The largest absolute Gasteiger partial charge is 0.467 e. The van der Waals surface area contributed by atoms with E-state index in [2.05, 4.69) is 25.7 Å². The highest BCUT2D eigenvalue weighted by molar-refractivity contribution is 6.30. The molecule has 1 amide bonds. The Labute approximate surface area is 165 Å². The molecule has 142 valence electrons. The number of furan rings is 1. The maximum Gasteiger partial charge on any atom is 0.251 e. The fourth-order valence-corrected chi connectivity index (χ4v) is 2.98. The first-order chi connectivity index (χ1) is 13.7. The first kappa shape index (κ1) is 18.0. The van der Waals surface area contributed by atoms with Gasteiger partial charge in [0.1, 0.15) is 17.9 Å². The van der Waals surface area contributed by atoms with Crippen LogP contribution in [-0.2, 0) is 13.1 Å². The zero-order valence-corrected chi connectivity index (χ0v) is 15.6. The quantitative estimate of drug-likeness (QED) is 0.498. The second-order valence-corrected chi connectivity index (χ2v) is 6.46. The summed E-state index contributed by atoms with van der Waals surface area (Å²) in [6.45, 7) is 1.39. The average molecular weight is 397 g/mol. The summed E-state index contributed by atoms with van der Waals surface area (Å²) in [5.74, 6) is 1.30. The van der Waals surface area contributed by atoms with E-state index < -0.39 is 0 Å². The summed E-state index contributed by atoms with van der Waals surface area (Å²) < 4.78 is 7.05. The van der Waals surface area contributed by atoms with Gasteiger partial charge in [-0.3, -0.25) is 4.79 Å². The fraction of sp³-hybridized carbons (Fsp3) is 0.158. The first-order valence-electron chi connectivity index (χ1n) is 8.67. The molecule has 0 aliphatic rings. The van der Waals surface area contributed by atoms with Gasteiger partial charge in [-0.2, -0.15) is 5.10 Å². The number of anilines is 1. The molecule has 3 heterocycles. The van der Waals surface area contributed by atoms with E-state index in [1.807, 2.05) is 12.1 Å². The summed E-state index contributed by atoms with van der Waals surface area (Å²) >= 11 is 5.92. The zero-order chi connectivity index (χ0) is 19.3. The van der Waals surface area contributed by atoms with Crippen molar-refractivity contribution in [2.75, 3.05) is 11.9 Å². The Kier molecular flexibility index (Phi) is 5.20. The van der Waals surface area contributed by atoms with Crippen LogP contribution in [0.4, 0.5) is 5.82 Å². The number of benzene rings is 1. The third-order valence-corrected chi connectivity index (χ3v) is 4.37. The number of hydrogen-bond acceptors (Lipinski definition) is 6. The molecule has 0 saturated heterocycles. The van der Waals surface area contributed by atoms with E-state index in [9.17, 15) is 4.79 Å². The molecular formula is C19H17ClN6O2. The van der Waals surface area contributed by atoms with Crippen LogP contribution in [-0.4, -0.2) is 32.2 Å². The Hall–Kier alpha value is -3.39. The third kappa shape index (κ3) is 3.96. The molecule has 0 fully saturated rings. The molecule has 2 N–H and O–H groups in total. The van der Waals surface area contributed by atoms with Crippen molar-refractivity contribution in [1.29, 1.82) is 0 Å². The van der Waals surface area contributed by atoms with Crippen molar-refractivity contribution in [2.24, 2.45) is 0 Å². The summed E-state index contributed by atoms with van der Waals surface area (Å²) in [6, 6.07) is 10.5. The maximum absolute atomic E-state index is 12.2. The van der Waals surface area contributed by atoms with Gasteiger partial charge in [-0.05, 0) is 30.3 Å². The van der Waals surface area contributed by atoms with E-state index in [0.717, 1.165) is 11.1 Å². The lowest BCUT2D eigenvalue weighted by Crippen LogP contribution is -2.27. The number of rotatable bonds is 7. The van der Waals surface area contributed by atoms with Crippen molar-refractivity contribution in [3.8, 4) is 0 Å². The van der Waals surface area contributed by atoms with Gasteiger partial charge in [-0.15, -0.1) is 0 Å².